The summed E-state index contributed by atoms with van der Waals surface area (Å²) in [4.78, 5) is 27.8. The molecule has 4 nitrogen and oxygen atoms in total. The predicted molar refractivity (Wildman–Crippen MR) is 110 cm³/mol. The van der Waals surface area contributed by atoms with Crippen molar-refractivity contribution < 1.29 is 19.1 Å². The zero-order valence-electron chi connectivity index (χ0n) is 15.0. The van der Waals surface area contributed by atoms with Gasteiger partial charge in [0.2, 0.25) is 0 Å². The largest absolute Gasteiger partial charge is 0.507 e. The molecule has 3 aromatic rings. The first-order valence-electron chi connectivity index (χ1n) is 8.78. The smallest absolute Gasteiger partial charge is 0.295 e. The topological polar surface area (TPSA) is 57.6 Å². The minimum atomic E-state index is -1.03. The van der Waals surface area contributed by atoms with Crippen LogP contribution in [0.2, 0.25) is 5.02 Å². The van der Waals surface area contributed by atoms with Gasteiger partial charge in [0.25, 0.3) is 11.7 Å². The van der Waals surface area contributed by atoms with Gasteiger partial charge in [-0.3, -0.25) is 9.59 Å². The maximum absolute atomic E-state index is 14.7. The van der Waals surface area contributed by atoms with Crippen LogP contribution in [0.15, 0.2) is 71.6 Å². The number of hydrogen-bond donors (Lipinski definition) is 1. The summed E-state index contributed by atoms with van der Waals surface area (Å²) in [7, 11) is 0. The molecule has 2 heterocycles. The van der Waals surface area contributed by atoms with E-state index in [1.165, 1.54) is 34.4 Å². The molecular weight excluding hydrogens is 413 g/mol. The monoisotopic (exact) mass is 427 g/mol. The van der Waals surface area contributed by atoms with Crippen LogP contribution in [0.4, 0.5) is 4.39 Å². The van der Waals surface area contributed by atoms with Crippen molar-refractivity contribution in [2.24, 2.45) is 0 Å². The molecular formula is C22H15ClFNO3S. The molecule has 1 saturated heterocycles. The van der Waals surface area contributed by atoms with E-state index in [4.69, 9.17) is 11.6 Å². The third-order valence-corrected chi connectivity index (χ3v) is 5.88. The lowest BCUT2D eigenvalue weighted by Crippen LogP contribution is -2.29. The zero-order chi connectivity index (χ0) is 20.5. The third kappa shape index (κ3) is 3.57. The van der Waals surface area contributed by atoms with Crippen LogP contribution in [-0.2, 0) is 16.1 Å². The van der Waals surface area contributed by atoms with Gasteiger partial charge < -0.3 is 10.0 Å². The van der Waals surface area contributed by atoms with Gasteiger partial charge in [0.05, 0.1) is 18.2 Å². The Morgan fingerprint density at radius 3 is 2.45 bits per heavy atom. The summed E-state index contributed by atoms with van der Waals surface area (Å²) in [5.74, 6) is -2.54. The minimum absolute atomic E-state index is 0.138. The van der Waals surface area contributed by atoms with E-state index in [2.05, 4.69) is 0 Å². The number of aliphatic hydroxyl groups is 1. The van der Waals surface area contributed by atoms with E-state index in [1.54, 1.807) is 30.3 Å². The third-order valence-electron chi connectivity index (χ3n) is 4.76. The maximum Gasteiger partial charge on any atom is 0.295 e. The highest BCUT2D eigenvalue weighted by Gasteiger charge is 2.47. The van der Waals surface area contributed by atoms with Crippen molar-refractivity contribution in [3.8, 4) is 0 Å². The van der Waals surface area contributed by atoms with Gasteiger partial charge in [-0.05, 0) is 41.8 Å². The normalized spacial score (nSPS) is 18.4. The quantitative estimate of drug-likeness (QED) is 0.355. The highest BCUT2D eigenvalue weighted by molar-refractivity contribution is 7.09. The molecule has 1 amide bonds. The first kappa shape index (κ1) is 19.4. The molecule has 1 N–H and O–H groups in total. The van der Waals surface area contributed by atoms with Gasteiger partial charge in [0.1, 0.15) is 11.6 Å². The molecule has 1 aromatic heterocycles. The molecule has 1 unspecified atom stereocenters. The van der Waals surface area contributed by atoms with Crippen molar-refractivity contribution in [3.05, 3.63) is 98.5 Å². The Morgan fingerprint density at radius 2 is 1.79 bits per heavy atom. The number of hydrogen-bond acceptors (Lipinski definition) is 4. The molecule has 1 fully saturated rings. The van der Waals surface area contributed by atoms with E-state index in [-0.39, 0.29) is 23.4 Å². The Morgan fingerprint density at radius 1 is 1.07 bits per heavy atom. The Balaban J connectivity index is 1.89. The zero-order valence-corrected chi connectivity index (χ0v) is 16.6. The van der Waals surface area contributed by atoms with Crippen molar-refractivity contribution in [2.75, 3.05) is 0 Å². The molecule has 2 aromatic carbocycles. The van der Waals surface area contributed by atoms with Crippen molar-refractivity contribution in [1.29, 1.82) is 0 Å². The predicted octanol–water partition coefficient (Wildman–Crippen LogP) is 5.16. The number of ketones is 1. The van der Waals surface area contributed by atoms with E-state index in [0.717, 1.165) is 4.88 Å². The summed E-state index contributed by atoms with van der Waals surface area (Å²) in [6.07, 6.45) is 0. The number of thiophene rings is 1. The van der Waals surface area contributed by atoms with Crippen LogP contribution < -0.4 is 0 Å². The van der Waals surface area contributed by atoms with Gasteiger partial charge in [-0.25, -0.2) is 4.39 Å². The number of likely N-dealkylation sites (tertiary alicyclic amines) is 1. The summed E-state index contributed by atoms with van der Waals surface area (Å²) in [6.45, 7) is 0.138. The van der Waals surface area contributed by atoms with Crippen LogP contribution in [0.3, 0.4) is 0 Å². The highest BCUT2D eigenvalue weighted by atomic mass is 35.5. The van der Waals surface area contributed by atoms with Gasteiger partial charge in [0.15, 0.2) is 0 Å². The molecule has 29 heavy (non-hydrogen) atoms. The summed E-state index contributed by atoms with van der Waals surface area (Å²) in [5, 5.41) is 13.2. The Kier molecular flexibility index (Phi) is 5.22. The van der Waals surface area contributed by atoms with Gasteiger partial charge in [0, 0.05) is 21.0 Å². The molecule has 0 aliphatic carbocycles. The van der Waals surface area contributed by atoms with Gasteiger partial charge >= 0.3 is 0 Å². The Labute approximate surface area is 175 Å². The second-order valence-corrected chi connectivity index (χ2v) is 8.00. The number of nitrogens with zero attached hydrogens (tertiary/aromatic N) is 1. The van der Waals surface area contributed by atoms with Gasteiger partial charge in [-0.1, -0.05) is 35.9 Å². The molecule has 7 heteroatoms. The van der Waals surface area contributed by atoms with E-state index < -0.39 is 23.5 Å². The molecule has 0 saturated carbocycles. The SMILES string of the molecule is O=C1C(=O)N(Cc2cccs2)C(c2ccccc2F)/C1=C(/O)c1ccc(Cl)cc1. The fraction of sp³-hybridized carbons (Fsp3) is 0.0909. The van der Waals surface area contributed by atoms with Crippen LogP contribution in [0.5, 0.6) is 0 Å². The number of amides is 1. The second-order valence-electron chi connectivity index (χ2n) is 6.53. The van der Waals surface area contributed by atoms with Crippen molar-refractivity contribution >= 4 is 40.4 Å². The first-order chi connectivity index (χ1) is 14.0. The summed E-state index contributed by atoms with van der Waals surface area (Å²) in [6, 6.07) is 14.8. The van der Waals surface area contributed by atoms with E-state index in [0.29, 0.717) is 10.6 Å². The van der Waals surface area contributed by atoms with Crippen LogP contribution >= 0.6 is 22.9 Å². The van der Waals surface area contributed by atoms with Crippen molar-refractivity contribution in [1.82, 2.24) is 4.90 Å². The number of benzene rings is 2. The molecule has 4 rings (SSSR count). The maximum atomic E-state index is 14.7. The second kappa shape index (κ2) is 7.81. The molecule has 146 valence electrons. The van der Waals surface area contributed by atoms with Gasteiger partial charge in [-0.15, -0.1) is 11.3 Å². The highest BCUT2D eigenvalue weighted by Crippen LogP contribution is 2.41. The van der Waals surface area contributed by atoms with Crippen LogP contribution in [0.1, 0.15) is 22.0 Å². The lowest BCUT2D eigenvalue weighted by Gasteiger charge is -2.25. The van der Waals surface area contributed by atoms with Crippen LogP contribution in [-0.4, -0.2) is 21.7 Å². The summed E-state index contributed by atoms with van der Waals surface area (Å²) in [5.41, 5.74) is 0.336. The summed E-state index contributed by atoms with van der Waals surface area (Å²) < 4.78 is 14.7. The fourth-order valence-electron chi connectivity index (χ4n) is 3.40. The minimum Gasteiger partial charge on any atom is -0.507 e. The van der Waals surface area contributed by atoms with E-state index >= 15 is 0 Å². The number of carbonyl (C=O) groups is 2. The van der Waals surface area contributed by atoms with Gasteiger partial charge in [-0.2, -0.15) is 0 Å². The Bertz CT molecular complexity index is 1110. The molecule has 0 bridgehead atoms. The molecule has 1 aliphatic heterocycles. The number of Topliss-reactive ketones (excluding diaryl/α,β-unsaturated/α-hetero) is 1. The molecule has 1 atom stereocenters. The number of aliphatic hydroxyl groups excluding tert-OH is 1. The lowest BCUT2D eigenvalue weighted by molar-refractivity contribution is -0.140. The average molecular weight is 428 g/mol. The standard InChI is InChI=1S/C22H15ClFNO3S/c23-14-9-7-13(8-10-14)20(26)18-19(16-5-1-2-6-17(16)24)25(22(28)21(18)27)12-15-4-3-11-29-15/h1-11,19,26H,12H2/b20-18-. The first-order valence-corrected chi connectivity index (χ1v) is 10.0. The Hall–Kier alpha value is -2.96. The van der Waals surface area contributed by atoms with Crippen LogP contribution in [0, 0.1) is 5.82 Å². The lowest BCUT2D eigenvalue weighted by atomic mass is 9.95. The number of halogens is 2. The van der Waals surface area contributed by atoms with Crippen molar-refractivity contribution in [2.45, 2.75) is 12.6 Å². The van der Waals surface area contributed by atoms with Crippen molar-refractivity contribution in [3.63, 3.8) is 0 Å². The molecule has 1 aliphatic rings. The van der Waals surface area contributed by atoms with E-state index in [1.807, 2.05) is 17.5 Å². The number of carbonyl (C=O) groups excluding carboxylic acids is 2. The molecule has 0 spiro atoms. The number of rotatable bonds is 4. The van der Waals surface area contributed by atoms with Crippen LogP contribution in [0.25, 0.3) is 5.76 Å². The summed E-state index contributed by atoms with van der Waals surface area (Å²) >= 11 is 7.33. The van der Waals surface area contributed by atoms with E-state index in [9.17, 15) is 19.1 Å². The molecule has 0 radical (unpaired) electrons. The average Bonchev–Trinajstić information content (AvgIpc) is 3.31. The fourth-order valence-corrected chi connectivity index (χ4v) is 4.23.